The summed E-state index contributed by atoms with van der Waals surface area (Å²) < 4.78 is 19.8. The van der Waals surface area contributed by atoms with Crippen molar-refractivity contribution in [2.75, 3.05) is 43.5 Å². The van der Waals surface area contributed by atoms with Gasteiger partial charge in [0.2, 0.25) is 0 Å². The fraction of sp³-hybridized carbons (Fsp3) is 0.615. The molecule has 4 N–H and O–H groups in total. The Bertz CT molecular complexity index is 1290. The summed E-state index contributed by atoms with van der Waals surface area (Å²) in [6.07, 6.45) is 7.19. The Morgan fingerprint density at radius 2 is 1.95 bits per heavy atom. The van der Waals surface area contributed by atoms with Crippen LogP contribution in [0.5, 0.6) is 0 Å². The number of hydrogen-bond donors (Lipinski definition) is 4. The molecule has 2 aromatic rings. The number of amides is 2. The molecule has 2 amide bonds. The third-order valence-electron chi connectivity index (χ3n) is 8.32. The first kappa shape index (κ1) is 26.2. The number of H-pyrrole nitrogens is 1. The van der Waals surface area contributed by atoms with Crippen LogP contribution in [0.1, 0.15) is 51.5 Å². The number of carbonyl (C=O) groups is 1. The van der Waals surface area contributed by atoms with E-state index < -0.39 is 11.0 Å². The van der Waals surface area contributed by atoms with Crippen molar-refractivity contribution in [3.05, 3.63) is 24.0 Å². The zero-order chi connectivity index (χ0) is 27.6. The fourth-order valence-electron chi connectivity index (χ4n) is 6.03. The van der Waals surface area contributed by atoms with Crippen LogP contribution < -0.4 is 10.6 Å². The summed E-state index contributed by atoms with van der Waals surface area (Å²) >= 11 is 0. The number of pyridine rings is 1. The van der Waals surface area contributed by atoms with E-state index in [4.69, 9.17) is 25.8 Å². The minimum absolute atomic E-state index is 0.0488. The second kappa shape index (κ2) is 8.97. The summed E-state index contributed by atoms with van der Waals surface area (Å²) in [5, 5.41) is 20.7. The number of anilines is 2. The summed E-state index contributed by atoms with van der Waals surface area (Å²) in [5.41, 5.74) is 0.941. The van der Waals surface area contributed by atoms with Crippen molar-refractivity contribution in [3.8, 4) is 11.4 Å². The maximum Gasteiger partial charge on any atom is 0.321 e. The van der Waals surface area contributed by atoms with Gasteiger partial charge in [-0.3, -0.25) is 15.5 Å². The average Bonchev–Trinajstić information content (AvgIpc) is 3.39. The number of amidine groups is 1. The Balaban J connectivity index is 1.25. The van der Waals surface area contributed by atoms with E-state index in [1.807, 2.05) is 4.90 Å². The monoisotopic (exact) mass is 530 g/mol. The van der Waals surface area contributed by atoms with E-state index in [1.165, 1.54) is 20.0 Å². The molecule has 3 aliphatic heterocycles. The van der Waals surface area contributed by atoms with Gasteiger partial charge < -0.3 is 25.2 Å². The van der Waals surface area contributed by atoms with Crippen molar-refractivity contribution in [1.82, 2.24) is 25.0 Å². The molecular formula is C26H33B2FN8O2. The quantitative estimate of drug-likeness (QED) is 0.259. The average molecular weight is 530 g/mol. The SMILES string of the molecule is [B]C1([B])CCCC2(CC2)N1C(=O)Nc1cn[nH]c1-c1cc(NCC(C)(C)F)c(C(=N)N2CC3(COC3)C2)cn1. The van der Waals surface area contributed by atoms with Crippen LogP contribution in [0.15, 0.2) is 18.5 Å². The van der Waals surface area contributed by atoms with Crippen molar-refractivity contribution < 1.29 is 13.9 Å². The normalized spacial score (nSPS) is 22.2. The fourth-order valence-corrected chi connectivity index (χ4v) is 6.03. The highest BCUT2D eigenvalue weighted by Gasteiger charge is 2.56. The topological polar surface area (TPSA) is 122 Å². The summed E-state index contributed by atoms with van der Waals surface area (Å²) in [5.74, 6) is 0.325. The van der Waals surface area contributed by atoms with Gasteiger partial charge in [0.15, 0.2) is 0 Å². The molecule has 4 fully saturated rings. The number of hydrogen-bond acceptors (Lipinski definition) is 6. The number of likely N-dealkylation sites (tertiary alicyclic amines) is 2. The van der Waals surface area contributed by atoms with Gasteiger partial charge in [0.25, 0.3) is 0 Å². The molecule has 6 rings (SSSR count). The second-order valence-corrected chi connectivity index (χ2v) is 12.4. The number of alkyl halides is 1. The lowest BCUT2D eigenvalue weighted by molar-refractivity contribution is -0.171. The van der Waals surface area contributed by atoms with Gasteiger partial charge in [-0.25, -0.2) is 9.18 Å². The van der Waals surface area contributed by atoms with E-state index in [0.717, 1.165) is 52.0 Å². The summed E-state index contributed by atoms with van der Waals surface area (Å²) in [7, 11) is 12.7. The number of piperidine rings is 1. The van der Waals surface area contributed by atoms with Gasteiger partial charge in [-0.2, -0.15) is 5.10 Å². The lowest BCUT2D eigenvalue weighted by atomic mass is 9.55. The predicted octanol–water partition coefficient (Wildman–Crippen LogP) is 2.83. The van der Waals surface area contributed by atoms with E-state index in [-0.39, 0.29) is 23.5 Å². The zero-order valence-electron chi connectivity index (χ0n) is 22.4. The Morgan fingerprint density at radius 1 is 1.21 bits per heavy atom. The van der Waals surface area contributed by atoms with Gasteiger partial charge in [-0.05, 0) is 50.9 Å². The van der Waals surface area contributed by atoms with E-state index in [2.05, 4.69) is 25.8 Å². The van der Waals surface area contributed by atoms with E-state index in [0.29, 0.717) is 40.6 Å². The first-order valence-corrected chi connectivity index (χ1v) is 13.5. The van der Waals surface area contributed by atoms with Crippen molar-refractivity contribution in [2.24, 2.45) is 5.41 Å². The van der Waals surface area contributed by atoms with Crippen LogP contribution in [0, 0.1) is 10.8 Å². The molecular weight excluding hydrogens is 497 g/mol. The van der Waals surface area contributed by atoms with Crippen molar-refractivity contribution in [2.45, 2.75) is 62.5 Å². The lowest BCUT2D eigenvalue weighted by Crippen LogP contribution is -2.67. The third kappa shape index (κ3) is 4.79. The first-order valence-electron chi connectivity index (χ1n) is 13.5. The van der Waals surface area contributed by atoms with Crippen molar-refractivity contribution >= 4 is 38.9 Å². The van der Waals surface area contributed by atoms with Crippen LogP contribution >= 0.6 is 0 Å². The number of ether oxygens (including phenoxy) is 1. The minimum atomic E-state index is -1.47. The Labute approximate surface area is 230 Å². The molecule has 10 nitrogen and oxygen atoms in total. The van der Waals surface area contributed by atoms with E-state index in [9.17, 15) is 9.18 Å². The number of aromatic amines is 1. The molecule has 0 bridgehead atoms. The molecule has 2 spiro atoms. The second-order valence-electron chi connectivity index (χ2n) is 12.4. The van der Waals surface area contributed by atoms with Crippen LogP contribution in [-0.4, -0.2) is 102 Å². The highest BCUT2D eigenvalue weighted by atomic mass is 19.1. The lowest BCUT2D eigenvalue weighted by Gasteiger charge is -2.55. The van der Waals surface area contributed by atoms with Crippen LogP contribution in [0.25, 0.3) is 11.4 Å². The van der Waals surface area contributed by atoms with Gasteiger partial charge in [-0.1, -0.05) is 6.42 Å². The molecule has 0 atom stereocenters. The molecule has 0 aromatic carbocycles. The van der Waals surface area contributed by atoms with Gasteiger partial charge in [0.05, 0.1) is 57.5 Å². The summed E-state index contributed by atoms with van der Waals surface area (Å²) in [6, 6.07) is 1.38. The number of carbonyl (C=O) groups excluding carboxylic acids is 1. The molecule has 1 saturated carbocycles. The van der Waals surface area contributed by atoms with Crippen molar-refractivity contribution in [3.63, 3.8) is 0 Å². The predicted molar refractivity (Wildman–Crippen MR) is 148 cm³/mol. The van der Waals surface area contributed by atoms with Gasteiger partial charge in [-0.15, -0.1) is 0 Å². The molecule has 39 heavy (non-hydrogen) atoms. The largest absolute Gasteiger partial charge is 0.381 e. The molecule has 0 unspecified atom stereocenters. The zero-order valence-corrected chi connectivity index (χ0v) is 22.4. The molecule has 1 aliphatic carbocycles. The molecule has 5 heterocycles. The standard InChI is InChI=1S/C26H33B2FN8O2/c1-23(2,29)11-32-17-8-18(31-9-16(17)21(30)36-12-24(13-36)14-39-15-24)20-19(10-33-35-20)34-22(38)37-25(6-7-25)4-3-5-26(37,27)28/h8-10,30H,3-7,11-15H2,1-2H3,(H,31,32)(H,33,35)(H,34,38). The molecule has 2 aromatic heterocycles. The van der Waals surface area contributed by atoms with Crippen LogP contribution in [0.2, 0.25) is 0 Å². The number of nitrogens with zero attached hydrogens (tertiary/aromatic N) is 4. The number of rotatable bonds is 6. The Kier molecular flexibility index (Phi) is 6.02. The third-order valence-corrected chi connectivity index (χ3v) is 8.32. The van der Waals surface area contributed by atoms with Gasteiger partial charge in [0.1, 0.15) is 17.2 Å². The molecule has 4 aliphatic rings. The van der Waals surface area contributed by atoms with Gasteiger partial charge >= 0.3 is 6.03 Å². The maximum atomic E-state index is 14.4. The smallest absolute Gasteiger partial charge is 0.321 e. The molecule has 13 heteroatoms. The Morgan fingerprint density at radius 3 is 2.59 bits per heavy atom. The minimum Gasteiger partial charge on any atom is -0.381 e. The highest BCUT2D eigenvalue weighted by Crippen LogP contribution is 2.52. The van der Waals surface area contributed by atoms with Crippen molar-refractivity contribution in [1.29, 1.82) is 5.41 Å². The van der Waals surface area contributed by atoms with Crippen LogP contribution in [-0.2, 0) is 4.74 Å². The summed E-state index contributed by atoms with van der Waals surface area (Å²) in [6.45, 7) is 5.98. The first-order chi connectivity index (χ1) is 18.4. The number of aromatic nitrogens is 3. The van der Waals surface area contributed by atoms with E-state index in [1.54, 1.807) is 17.2 Å². The highest BCUT2D eigenvalue weighted by molar-refractivity contribution is 6.41. The number of urea groups is 1. The molecule has 202 valence electrons. The van der Waals surface area contributed by atoms with E-state index >= 15 is 0 Å². The summed E-state index contributed by atoms with van der Waals surface area (Å²) in [4.78, 5) is 21.6. The van der Waals surface area contributed by atoms with Gasteiger partial charge in [0, 0.05) is 37.1 Å². The maximum absolute atomic E-state index is 14.4. The molecule has 3 saturated heterocycles. The number of halogens is 1. The van der Waals surface area contributed by atoms with Crippen LogP contribution in [0.3, 0.4) is 0 Å². The van der Waals surface area contributed by atoms with Crippen LogP contribution in [0.4, 0.5) is 20.6 Å². The Hall–Kier alpha value is -3.08. The number of nitrogens with one attached hydrogen (secondary N) is 4. The molecule has 4 radical (unpaired) electrons.